The van der Waals surface area contributed by atoms with E-state index < -0.39 is 27.3 Å². The Morgan fingerprint density at radius 2 is 1.70 bits per heavy atom. The van der Waals surface area contributed by atoms with Gasteiger partial charge in [0, 0.05) is 6.54 Å². The summed E-state index contributed by atoms with van der Waals surface area (Å²) in [7, 11) is -3.87. The molecular weight excluding hydrogens is 328 g/mol. The van der Waals surface area contributed by atoms with Gasteiger partial charge in [-0.2, -0.15) is 0 Å². The number of fused-ring (bicyclic) bond motifs is 1. The lowest BCUT2D eigenvalue weighted by atomic mass is 10.2. The summed E-state index contributed by atoms with van der Waals surface area (Å²) in [6.07, 6.45) is 0. The van der Waals surface area contributed by atoms with Crippen LogP contribution < -0.4 is 10.4 Å². The third-order valence-corrected chi connectivity index (χ3v) is 4.65. The van der Waals surface area contributed by atoms with Gasteiger partial charge in [-0.1, -0.05) is 6.07 Å². The Kier molecular flexibility index (Phi) is 3.74. The molecule has 1 aromatic heterocycles. The highest BCUT2D eigenvalue weighted by atomic mass is 32.2. The molecule has 0 aliphatic heterocycles. The highest BCUT2D eigenvalue weighted by Crippen LogP contribution is 2.16. The fraction of sp³-hybridized carbons (Fsp3) is 0.0714. The minimum atomic E-state index is -3.87. The van der Waals surface area contributed by atoms with Crippen LogP contribution in [0.25, 0.3) is 11.0 Å². The fourth-order valence-electron chi connectivity index (χ4n) is 2.09. The molecule has 0 aliphatic rings. The summed E-state index contributed by atoms with van der Waals surface area (Å²) in [5, 5.41) is 0. The summed E-state index contributed by atoms with van der Waals surface area (Å²) in [4.78, 5) is 16.1. The average molecular weight is 339 g/mol. The third kappa shape index (κ3) is 3.15. The van der Waals surface area contributed by atoms with Crippen molar-refractivity contribution >= 4 is 21.1 Å². The van der Waals surface area contributed by atoms with Crippen molar-refractivity contribution in [2.24, 2.45) is 0 Å². The van der Waals surface area contributed by atoms with Crippen molar-refractivity contribution in [2.45, 2.75) is 11.4 Å². The molecule has 0 saturated carbocycles. The number of rotatable bonds is 4. The van der Waals surface area contributed by atoms with Gasteiger partial charge in [-0.05, 0) is 35.9 Å². The normalized spacial score (nSPS) is 11.9. The van der Waals surface area contributed by atoms with E-state index in [0.717, 1.165) is 12.1 Å². The molecule has 120 valence electrons. The predicted molar refractivity (Wildman–Crippen MR) is 79.3 cm³/mol. The highest BCUT2D eigenvalue weighted by Gasteiger charge is 2.15. The van der Waals surface area contributed by atoms with Gasteiger partial charge in [0.05, 0.1) is 15.9 Å². The molecule has 9 heteroatoms. The molecule has 6 nitrogen and oxygen atoms in total. The Hall–Kier alpha value is -2.52. The van der Waals surface area contributed by atoms with Crippen molar-refractivity contribution in [1.82, 2.24) is 14.7 Å². The molecule has 0 saturated heterocycles. The minimum absolute atomic E-state index is 0.0529. The number of nitrogens with one attached hydrogen (secondary N) is 3. The Morgan fingerprint density at radius 1 is 0.957 bits per heavy atom. The number of aromatic nitrogens is 2. The smallest absolute Gasteiger partial charge is 0.306 e. The van der Waals surface area contributed by atoms with Crippen molar-refractivity contribution in [3.05, 3.63) is 64.1 Å². The minimum Gasteiger partial charge on any atom is -0.306 e. The quantitative estimate of drug-likeness (QED) is 0.674. The zero-order valence-corrected chi connectivity index (χ0v) is 12.4. The summed E-state index contributed by atoms with van der Waals surface area (Å²) in [5.74, 6) is -2.05. The van der Waals surface area contributed by atoms with Crippen molar-refractivity contribution in [2.75, 3.05) is 0 Å². The van der Waals surface area contributed by atoms with E-state index in [1.54, 1.807) is 0 Å². The van der Waals surface area contributed by atoms with Gasteiger partial charge < -0.3 is 9.97 Å². The maximum absolute atomic E-state index is 13.1. The Balaban J connectivity index is 1.84. The van der Waals surface area contributed by atoms with E-state index in [4.69, 9.17) is 0 Å². The molecule has 2 aromatic carbocycles. The van der Waals surface area contributed by atoms with Gasteiger partial charge in [0.1, 0.15) is 0 Å². The first-order chi connectivity index (χ1) is 10.8. The van der Waals surface area contributed by atoms with Crippen molar-refractivity contribution in [3.63, 3.8) is 0 Å². The Labute approximate surface area is 129 Å². The molecule has 3 aromatic rings. The van der Waals surface area contributed by atoms with Gasteiger partial charge >= 0.3 is 5.69 Å². The van der Waals surface area contributed by atoms with Gasteiger partial charge in [0.25, 0.3) is 0 Å². The monoisotopic (exact) mass is 339 g/mol. The van der Waals surface area contributed by atoms with E-state index in [-0.39, 0.29) is 17.0 Å². The number of H-pyrrole nitrogens is 2. The molecule has 0 aliphatic carbocycles. The van der Waals surface area contributed by atoms with Crippen LogP contribution in [-0.2, 0) is 16.6 Å². The second kappa shape index (κ2) is 5.60. The molecule has 3 N–H and O–H groups in total. The SMILES string of the molecule is O=c1[nH]c2ccc(S(=O)(=O)NCc3ccc(F)c(F)c3)cc2[nH]1. The predicted octanol–water partition coefficient (Wildman–Crippen LogP) is 1.61. The molecule has 3 rings (SSSR count). The van der Waals surface area contributed by atoms with E-state index in [1.807, 2.05) is 0 Å². The maximum Gasteiger partial charge on any atom is 0.323 e. The molecule has 0 amide bonds. The van der Waals surface area contributed by atoms with Gasteiger partial charge in [-0.15, -0.1) is 0 Å². The second-order valence-electron chi connectivity index (χ2n) is 4.86. The van der Waals surface area contributed by atoms with Gasteiger partial charge in [-0.25, -0.2) is 26.7 Å². The third-order valence-electron chi connectivity index (χ3n) is 3.25. The summed E-state index contributed by atoms with van der Waals surface area (Å²) in [5.41, 5.74) is 0.674. The number of halogens is 2. The molecule has 1 heterocycles. The van der Waals surface area contributed by atoms with Crippen LogP contribution in [0.15, 0.2) is 46.1 Å². The zero-order valence-electron chi connectivity index (χ0n) is 11.6. The first-order valence-corrected chi connectivity index (χ1v) is 7.99. The topological polar surface area (TPSA) is 94.8 Å². The largest absolute Gasteiger partial charge is 0.323 e. The molecule has 0 radical (unpaired) electrons. The lowest BCUT2D eigenvalue weighted by molar-refractivity contribution is 0.506. The molecule has 0 unspecified atom stereocenters. The first kappa shape index (κ1) is 15.4. The molecule has 0 spiro atoms. The summed E-state index contributed by atoms with van der Waals surface area (Å²) < 4.78 is 52.7. The molecule has 23 heavy (non-hydrogen) atoms. The highest BCUT2D eigenvalue weighted by molar-refractivity contribution is 7.89. The lowest BCUT2D eigenvalue weighted by Gasteiger charge is -2.07. The molecule has 0 atom stereocenters. The standard InChI is InChI=1S/C14H11F2N3O3S/c15-10-3-1-8(5-11(10)16)7-17-23(21,22)9-2-4-12-13(6-9)19-14(20)18-12/h1-6,17H,7H2,(H2,18,19,20). The number of imidazole rings is 1. The van der Waals surface area contributed by atoms with Crippen LogP contribution in [0.3, 0.4) is 0 Å². The van der Waals surface area contributed by atoms with E-state index >= 15 is 0 Å². The number of hydrogen-bond acceptors (Lipinski definition) is 3. The molecule has 0 bridgehead atoms. The molecular formula is C14H11F2N3O3S. The van der Waals surface area contributed by atoms with Crippen molar-refractivity contribution in [3.8, 4) is 0 Å². The summed E-state index contributed by atoms with van der Waals surface area (Å²) in [6, 6.07) is 7.23. The van der Waals surface area contributed by atoms with Crippen LogP contribution in [0.1, 0.15) is 5.56 Å². The van der Waals surface area contributed by atoms with E-state index in [1.165, 1.54) is 24.3 Å². The Morgan fingerprint density at radius 3 is 2.43 bits per heavy atom. The van der Waals surface area contributed by atoms with Gasteiger partial charge in [0.15, 0.2) is 11.6 Å². The lowest BCUT2D eigenvalue weighted by Crippen LogP contribution is -2.23. The van der Waals surface area contributed by atoms with Crippen LogP contribution in [0.4, 0.5) is 8.78 Å². The van der Waals surface area contributed by atoms with E-state index in [9.17, 15) is 22.0 Å². The molecule has 0 fully saturated rings. The number of aromatic amines is 2. The van der Waals surface area contributed by atoms with Gasteiger partial charge in [0.2, 0.25) is 10.0 Å². The first-order valence-electron chi connectivity index (χ1n) is 6.51. The fourth-order valence-corrected chi connectivity index (χ4v) is 3.13. The van der Waals surface area contributed by atoms with E-state index in [2.05, 4.69) is 14.7 Å². The van der Waals surface area contributed by atoms with Crippen LogP contribution in [0, 0.1) is 11.6 Å². The Bertz CT molecular complexity index is 1040. The van der Waals surface area contributed by atoms with Crippen molar-refractivity contribution in [1.29, 1.82) is 0 Å². The summed E-state index contributed by atoms with van der Waals surface area (Å²) in [6.45, 7) is -0.193. The maximum atomic E-state index is 13.1. The van der Waals surface area contributed by atoms with Crippen LogP contribution in [0.2, 0.25) is 0 Å². The number of sulfonamides is 1. The van der Waals surface area contributed by atoms with Crippen LogP contribution in [-0.4, -0.2) is 18.4 Å². The number of benzene rings is 2. The summed E-state index contributed by atoms with van der Waals surface area (Å²) >= 11 is 0. The number of hydrogen-bond donors (Lipinski definition) is 3. The zero-order chi connectivity index (χ0) is 16.6. The van der Waals surface area contributed by atoms with Crippen LogP contribution >= 0.6 is 0 Å². The second-order valence-corrected chi connectivity index (χ2v) is 6.63. The van der Waals surface area contributed by atoms with E-state index in [0.29, 0.717) is 11.0 Å². The average Bonchev–Trinajstić information content (AvgIpc) is 2.87. The van der Waals surface area contributed by atoms with Gasteiger partial charge in [-0.3, -0.25) is 0 Å². The van der Waals surface area contributed by atoms with Crippen LogP contribution in [0.5, 0.6) is 0 Å². The van der Waals surface area contributed by atoms with Crippen molar-refractivity contribution < 1.29 is 17.2 Å².